The lowest BCUT2D eigenvalue weighted by molar-refractivity contribution is 0.426. The predicted octanol–water partition coefficient (Wildman–Crippen LogP) is 4.21. The molecule has 0 aliphatic rings. The molecule has 0 atom stereocenters. The van der Waals surface area contributed by atoms with Crippen molar-refractivity contribution in [2.24, 2.45) is 0 Å². The van der Waals surface area contributed by atoms with E-state index in [0.29, 0.717) is 5.46 Å². The van der Waals surface area contributed by atoms with Crippen LogP contribution in [0.2, 0.25) is 0 Å². The summed E-state index contributed by atoms with van der Waals surface area (Å²) in [5, 5.41) is 26.8. The smallest absolute Gasteiger partial charge is 0.423 e. The van der Waals surface area contributed by atoms with Gasteiger partial charge in [0.15, 0.2) is 0 Å². The zero-order chi connectivity index (χ0) is 18.8. The zero-order valence-corrected chi connectivity index (χ0v) is 15.0. The Morgan fingerprint density at radius 1 is 0.571 bits per heavy atom. The van der Waals surface area contributed by atoms with E-state index in [9.17, 15) is 10.0 Å². The van der Waals surface area contributed by atoms with Crippen LogP contribution in [0.15, 0.2) is 84.9 Å². The summed E-state index contributed by atoms with van der Waals surface area (Å²) in [6.07, 6.45) is 0. The van der Waals surface area contributed by atoms with Crippen molar-refractivity contribution in [3.63, 3.8) is 0 Å². The molecular formula is C24H16BNO2. The Morgan fingerprint density at radius 2 is 1.11 bits per heavy atom. The second kappa shape index (κ2) is 5.58. The van der Waals surface area contributed by atoms with E-state index in [0.717, 1.165) is 16.7 Å². The molecule has 1 heterocycles. The third-order valence-corrected chi connectivity index (χ3v) is 5.75. The van der Waals surface area contributed by atoms with E-state index in [1.807, 2.05) is 18.2 Å². The topological polar surface area (TPSA) is 45.4 Å². The first-order valence-electron chi connectivity index (χ1n) is 9.36. The van der Waals surface area contributed by atoms with Gasteiger partial charge in [-0.3, -0.25) is 0 Å². The van der Waals surface area contributed by atoms with Crippen molar-refractivity contribution < 1.29 is 10.0 Å². The summed E-state index contributed by atoms with van der Waals surface area (Å²) in [5.74, 6) is 0. The standard InChI is InChI=1S/C24H16BNO2/c27-25(28)15-6-3-7-16(14-15)26-21-12-4-10-19-17-8-1-2-9-18(17)20-11-5-13-22(26)24(20)23(19)21/h1-14,27-28H. The van der Waals surface area contributed by atoms with Crippen LogP contribution in [0.5, 0.6) is 0 Å². The van der Waals surface area contributed by atoms with Gasteiger partial charge in [-0.05, 0) is 51.3 Å². The van der Waals surface area contributed by atoms with E-state index in [-0.39, 0.29) is 0 Å². The van der Waals surface area contributed by atoms with Crippen molar-refractivity contribution >= 4 is 55.9 Å². The van der Waals surface area contributed by atoms with Gasteiger partial charge in [0.1, 0.15) is 0 Å². The molecule has 0 fully saturated rings. The monoisotopic (exact) mass is 361 g/mol. The van der Waals surface area contributed by atoms with Crippen LogP contribution in [0.25, 0.3) is 49.0 Å². The SMILES string of the molecule is OB(O)c1cccc(-n2c3cccc4c5ccccc5c5cccc2c5c43)c1. The predicted molar refractivity (Wildman–Crippen MR) is 117 cm³/mol. The highest BCUT2D eigenvalue weighted by Crippen LogP contribution is 2.43. The van der Waals surface area contributed by atoms with Crippen LogP contribution in [0, 0.1) is 0 Å². The fraction of sp³-hybridized carbons (Fsp3) is 0. The molecule has 2 N–H and O–H groups in total. The fourth-order valence-electron chi connectivity index (χ4n) is 4.61. The minimum atomic E-state index is -1.49. The summed E-state index contributed by atoms with van der Waals surface area (Å²) in [7, 11) is -1.49. The average Bonchev–Trinajstić information content (AvgIpc) is 3.08. The highest BCUT2D eigenvalue weighted by atomic mass is 16.4. The van der Waals surface area contributed by atoms with Crippen molar-refractivity contribution in [3.05, 3.63) is 84.9 Å². The molecule has 5 aromatic carbocycles. The second-order valence-electron chi connectivity index (χ2n) is 7.25. The van der Waals surface area contributed by atoms with Gasteiger partial charge in [-0.15, -0.1) is 0 Å². The Morgan fingerprint density at radius 3 is 1.68 bits per heavy atom. The molecule has 28 heavy (non-hydrogen) atoms. The maximum absolute atomic E-state index is 9.64. The van der Waals surface area contributed by atoms with E-state index in [2.05, 4.69) is 65.2 Å². The minimum Gasteiger partial charge on any atom is -0.423 e. The summed E-state index contributed by atoms with van der Waals surface area (Å²) >= 11 is 0. The third-order valence-electron chi connectivity index (χ3n) is 5.75. The van der Waals surface area contributed by atoms with Crippen LogP contribution in [0.1, 0.15) is 0 Å². The summed E-state index contributed by atoms with van der Waals surface area (Å²) < 4.78 is 2.22. The van der Waals surface area contributed by atoms with E-state index in [1.165, 1.54) is 32.3 Å². The van der Waals surface area contributed by atoms with Gasteiger partial charge >= 0.3 is 7.12 Å². The molecule has 1 aromatic heterocycles. The second-order valence-corrected chi connectivity index (χ2v) is 7.25. The van der Waals surface area contributed by atoms with Crippen LogP contribution < -0.4 is 5.46 Å². The van der Waals surface area contributed by atoms with Gasteiger partial charge in [0.25, 0.3) is 0 Å². The summed E-state index contributed by atoms with van der Waals surface area (Å²) in [4.78, 5) is 0. The molecule has 6 aromatic rings. The lowest BCUT2D eigenvalue weighted by atomic mass is 9.80. The van der Waals surface area contributed by atoms with Crippen molar-refractivity contribution in [3.8, 4) is 5.69 Å². The first-order valence-corrected chi connectivity index (χ1v) is 9.36. The molecule has 4 heteroatoms. The van der Waals surface area contributed by atoms with Crippen LogP contribution in [0.3, 0.4) is 0 Å². The van der Waals surface area contributed by atoms with Crippen molar-refractivity contribution in [1.82, 2.24) is 4.57 Å². The molecule has 6 rings (SSSR count). The van der Waals surface area contributed by atoms with Gasteiger partial charge < -0.3 is 14.6 Å². The lowest BCUT2D eigenvalue weighted by Crippen LogP contribution is -2.29. The molecule has 0 aliphatic heterocycles. The number of hydrogen-bond acceptors (Lipinski definition) is 2. The van der Waals surface area contributed by atoms with Gasteiger partial charge in [-0.25, -0.2) is 0 Å². The number of aromatic nitrogens is 1. The Bertz CT molecular complexity index is 1410. The largest absolute Gasteiger partial charge is 0.488 e. The molecule has 0 bridgehead atoms. The fourth-order valence-corrected chi connectivity index (χ4v) is 4.61. The number of hydrogen-bond donors (Lipinski definition) is 2. The first-order chi connectivity index (χ1) is 13.7. The van der Waals surface area contributed by atoms with Crippen molar-refractivity contribution in [2.45, 2.75) is 0 Å². The van der Waals surface area contributed by atoms with Crippen molar-refractivity contribution in [1.29, 1.82) is 0 Å². The average molecular weight is 361 g/mol. The van der Waals surface area contributed by atoms with Gasteiger partial charge in [-0.1, -0.05) is 60.7 Å². The molecular weight excluding hydrogens is 345 g/mol. The molecule has 0 radical (unpaired) electrons. The summed E-state index contributed by atoms with van der Waals surface area (Å²) in [6, 6.07) is 28.8. The third kappa shape index (κ3) is 1.96. The molecule has 132 valence electrons. The van der Waals surface area contributed by atoms with E-state index >= 15 is 0 Å². The highest BCUT2D eigenvalue weighted by Gasteiger charge is 2.20. The van der Waals surface area contributed by atoms with Gasteiger partial charge in [-0.2, -0.15) is 0 Å². The van der Waals surface area contributed by atoms with Gasteiger partial charge in [0, 0.05) is 16.5 Å². The van der Waals surface area contributed by atoms with Crippen LogP contribution in [-0.4, -0.2) is 21.7 Å². The number of nitrogens with zero attached hydrogens (tertiary/aromatic N) is 1. The molecule has 0 saturated carbocycles. The zero-order valence-electron chi connectivity index (χ0n) is 15.0. The van der Waals surface area contributed by atoms with Gasteiger partial charge in [0.2, 0.25) is 0 Å². The molecule has 0 saturated heterocycles. The lowest BCUT2D eigenvalue weighted by Gasteiger charge is -2.09. The van der Waals surface area contributed by atoms with Crippen molar-refractivity contribution in [2.75, 3.05) is 0 Å². The Labute approximate surface area is 161 Å². The number of rotatable bonds is 2. The van der Waals surface area contributed by atoms with E-state index in [1.54, 1.807) is 6.07 Å². The molecule has 0 amide bonds. The first kappa shape index (κ1) is 15.7. The van der Waals surface area contributed by atoms with Crippen LogP contribution in [-0.2, 0) is 0 Å². The van der Waals surface area contributed by atoms with E-state index < -0.39 is 7.12 Å². The quantitative estimate of drug-likeness (QED) is 0.359. The van der Waals surface area contributed by atoms with Crippen LogP contribution in [0.4, 0.5) is 0 Å². The molecule has 0 spiro atoms. The Balaban J connectivity index is 1.87. The number of fused-ring (bicyclic) bond motifs is 3. The summed E-state index contributed by atoms with van der Waals surface area (Å²) in [6.45, 7) is 0. The number of benzene rings is 5. The molecule has 0 unspecified atom stereocenters. The van der Waals surface area contributed by atoms with E-state index in [4.69, 9.17) is 0 Å². The highest BCUT2D eigenvalue weighted by molar-refractivity contribution is 6.58. The molecule has 0 aliphatic carbocycles. The maximum atomic E-state index is 9.64. The normalized spacial score (nSPS) is 11.9. The van der Waals surface area contributed by atoms with Crippen LogP contribution >= 0.6 is 0 Å². The Kier molecular flexibility index (Phi) is 3.13. The molecule has 3 nitrogen and oxygen atoms in total. The minimum absolute atomic E-state index is 0.484. The maximum Gasteiger partial charge on any atom is 0.488 e. The Hall–Kier alpha value is -3.34. The van der Waals surface area contributed by atoms with Gasteiger partial charge in [0.05, 0.1) is 11.0 Å². The summed E-state index contributed by atoms with van der Waals surface area (Å²) in [5.41, 5.74) is 3.65.